The summed E-state index contributed by atoms with van der Waals surface area (Å²) < 4.78 is 6.07. The van der Waals surface area contributed by atoms with Crippen molar-refractivity contribution in [3.8, 4) is 5.75 Å². The van der Waals surface area contributed by atoms with Crippen molar-refractivity contribution >= 4 is 29.9 Å². The van der Waals surface area contributed by atoms with Crippen LogP contribution in [0, 0.1) is 12.3 Å². The van der Waals surface area contributed by atoms with Crippen LogP contribution in [-0.2, 0) is 6.54 Å². The van der Waals surface area contributed by atoms with Gasteiger partial charge in [0.15, 0.2) is 5.96 Å². The lowest BCUT2D eigenvalue weighted by molar-refractivity contribution is 0.212. The molecule has 6 heteroatoms. The molecule has 0 aliphatic heterocycles. The summed E-state index contributed by atoms with van der Waals surface area (Å²) in [5.74, 6) is 1.71. The Morgan fingerprint density at radius 3 is 2.62 bits per heavy atom. The maximum atomic E-state index is 9.46. The average molecular weight is 475 g/mol. The normalized spacial score (nSPS) is 16.4. The van der Waals surface area contributed by atoms with Gasteiger partial charge in [-0.1, -0.05) is 19.1 Å². The van der Waals surface area contributed by atoms with Crippen molar-refractivity contribution in [2.24, 2.45) is 10.4 Å². The quantitative estimate of drug-likeness (QED) is 0.290. The van der Waals surface area contributed by atoms with E-state index in [0.717, 1.165) is 49.6 Å². The number of halogens is 1. The largest absolute Gasteiger partial charge is 0.490 e. The number of nitrogens with zero attached hydrogens (tertiary/aromatic N) is 1. The topological polar surface area (TPSA) is 65.9 Å². The molecule has 1 aromatic rings. The highest BCUT2D eigenvalue weighted by Gasteiger charge is 2.41. The van der Waals surface area contributed by atoms with Crippen molar-refractivity contribution in [3.05, 3.63) is 29.3 Å². The first-order valence-corrected chi connectivity index (χ1v) is 9.41. The van der Waals surface area contributed by atoms with Gasteiger partial charge in [-0.05, 0) is 51.7 Å². The highest BCUT2D eigenvalue weighted by molar-refractivity contribution is 14.0. The van der Waals surface area contributed by atoms with E-state index in [9.17, 15) is 5.11 Å². The van der Waals surface area contributed by atoms with Crippen LogP contribution in [0.3, 0.4) is 0 Å². The minimum atomic E-state index is 0. The summed E-state index contributed by atoms with van der Waals surface area (Å²) in [5, 5.41) is 16.1. The molecule has 0 aromatic heterocycles. The Labute approximate surface area is 175 Å². The van der Waals surface area contributed by atoms with E-state index >= 15 is 0 Å². The second-order valence-electron chi connectivity index (χ2n) is 7.15. The molecule has 1 fully saturated rings. The lowest BCUT2D eigenvalue weighted by Gasteiger charge is -2.18. The predicted molar refractivity (Wildman–Crippen MR) is 119 cm³/mol. The van der Waals surface area contributed by atoms with Gasteiger partial charge in [-0.2, -0.15) is 0 Å². The molecule has 1 aliphatic carbocycles. The first-order valence-electron chi connectivity index (χ1n) is 9.41. The Morgan fingerprint density at radius 2 is 2.04 bits per heavy atom. The van der Waals surface area contributed by atoms with E-state index in [0.29, 0.717) is 6.54 Å². The summed E-state index contributed by atoms with van der Waals surface area (Å²) >= 11 is 0. The number of aliphatic imine (C=N–C) groups is 1. The van der Waals surface area contributed by atoms with Crippen molar-refractivity contribution in [1.82, 2.24) is 10.6 Å². The second-order valence-corrected chi connectivity index (χ2v) is 7.15. The molecule has 0 bridgehead atoms. The molecule has 2 rings (SSSR count). The number of benzene rings is 1. The van der Waals surface area contributed by atoms with E-state index in [-0.39, 0.29) is 42.1 Å². The zero-order valence-electron chi connectivity index (χ0n) is 16.5. The van der Waals surface area contributed by atoms with E-state index in [4.69, 9.17) is 9.73 Å². The van der Waals surface area contributed by atoms with Gasteiger partial charge in [-0.3, -0.25) is 0 Å². The van der Waals surface area contributed by atoms with Crippen molar-refractivity contribution in [1.29, 1.82) is 0 Å². The Balaban J connectivity index is 0.00000338. The van der Waals surface area contributed by atoms with E-state index in [1.807, 2.05) is 0 Å². The van der Waals surface area contributed by atoms with Gasteiger partial charge in [-0.15, -0.1) is 24.0 Å². The van der Waals surface area contributed by atoms with Crippen LogP contribution in [0.25, 0.3) is 0 Å². The molecular formula is C20H34IN3O2. The molecule has 26 heavy (non-hydrogen) atoms. The SMILES string of the molecule is CCNC(=NCc1ccc(C)cc1OC(C)CC)NCC1(CO)CC1.I. The number of rotatable bonds is 9. The molecule has 1 unspecified atom stereocenters. The number of aliphatic hydroxyl groups excluding tert-OH is 1. The number of aryl methyl sites for hydroxylation is 1. The zero-order valence-corrected chi connectivity index (χ0v) is 18.8. The highest BCUT2D eigenvalue weighted by Crippen LogP contribution is 2.44. The van der Waals surface area contributed by atoms with Gasteiger partial charge in [0, 0.05) is 24.1 Å². The first-order chi connectivity index (χ1) is 12.0. The number of aliphatic hydroxyl groups is 1. The lowest BCUT2D eigenvalue weighted by atomic mass is 10.1. The summed E-state index contributed by atoms with van der Waals surface area (Å²) in [6, 6.07) is 6.28. The molecule has 0 amide bonds. The van der Waals surface area contributed by atoms with Crippen LogP contribution in [0.15, 0.2) is 23.2 Å². The van der Waals surface area contributed by atoms with Gasteiger partial charge in [0.1, 0.15) is 5.75 Å². The standard InChI is InChI=1S/C20H33N3O2.HI/c1-5-16(4)25-18-11-15(3)7-8-17(18)12-22-19(21-6-2)23-13-20(14-24)9-10-20;/h7-8,11,16,24H,5-6,9-10,12-14H2,1-4H3,(H2,21,22,23);1H. The maximum Gasteiger partial charge on any atom is 0.191 e. The fourth-order valence-corrected chi connectivity index (χ4v) is 2.55. The molecule has 1 aromatic carbocycles. The Bertz CT molecular complexity index is 588. The second kappa shape index (κ2) is 11.0. The third-order valence-corrected chi connectivity index (χ3v) is 4.80. The number of nitrogens with one attached hydrogen (secondary N) is 2. The van der Waals surface area contributed by atoms with Gasteiger partial charge in [-0.25, -0.2) is 4.99 Å². The summed E-state index contributed by atoms with van der Waals surface area (Å²) in [6.45, 7) is 10.7. The molecule has 148 valence electrons. The predicted octanol–water partition coefficient (Wildman–Crippen LogP) is 3.62. The number of guanidine groups is 1. The molecule has 1 saturated carbocycles. The van der Waals surface area contributed by atoms with Crippen molar-refractivity contribution in [2.45, 2.75) is 59.6 Å². The van der Waals surface area contributed by atoms with Crippen molar-refractivity contribution < 1.29 is 9.84 Å². The molecule has 0 spiro atoms. The first kappa shape index (κ1) is 23.0. The van der Waals surface area contributed by atoms with Crippen molar-refractivity contribution in [3.63, 3.8) is 0 Å². The third kappa shape index (κ3) is 6.95. The molecule has 0 saturated heterocycles. The fourth-order valence-electron chi connectivity index (χ4n) is 2.55. The molecule has 1 atom stereocenters. The number of ether oxygens (including phenoxy) is 1. The third-order valence-electron chi connectivity index (χ3n) is 4.80. The van der Waals surface area contributed by atoms with Crippen LogP contribution in [0.2, 0.25) is 0 Å². The number of hydrogen-bond donors (Lipinski definition) is 3. The van der Waals surface area contributed by atoms with Crippen LogP contribution in [0.1, 0.15) is 51.2 Å². The summed E-state index contributed by atoms with van der Waals surface area (Å²) in [7, 11) is 0. The molecule has 0 heterocycles. The summed E-state index contributed by atoms with van der Waals surface area (Å²) in [6.07, 6.45) is 3.33. The summed E-state index contributed by atoms with van der Waals surface area (Å²) in [4.78, 5) is 4.71. The van der Waals surface area contributed by atoms with Crippen molar-refractivity contribution in [2.75, 3.05) is 19.7 Å². The lowest BCUT2D eigenvalue weighted by Crippen LogP contribution is -2.41. The van der Waals surface area contributed by atoms with E-state index in [1.54, 1.807) is 0 Å². The fraction of sp³-hybridized carbons (Fsp3) is 0.650. The van der Waals surface area contributed by atoms with Gasteiger partial charge >= 0.3 is 0 Å². The average Bonchev–Trinajstić information content (AvgIpc) is 3.39. The Morgan fingerprint density at radius 1 is 1.31 bits per heavy atom. The Kier molecular flexibility index (Phi) is 9.71. The monoisotopic (exact) mass is 475 g/mol. The smallest absolute Gasteiger partial charge is 0.191 e. The maximum absolute atomic E-state index is 9.46. The minimum absolute atomic E-state index is 0. The van der Waals surface area contributed by atoms with E-state index in [1.165, 1.54) is 5.56 Å². The molecule has 5 nitrogen and oxygen atoms in total. The zero-order chi connectivity index (χ0) is 18.3. The van der Waals surface area contributed by atoms with Crippen LogP contribution in [-0.4, -0.2) is 36.9 Å². The molecule has 1 aliphatic rings. The van der Waals surface area contributed by atoms with Gasteiger partial charge in [0.05, 0.1) is 19.3 Å². The Hall–Kier alpha value is -1.02. The van der Waals surface area contributed by atoms with Crippen LogP contribution in [0.4, 0.5) is 0 Å². The minimum Gasteiger partial charge on any atom is -0.490 e. The van der Waals surface area contributed by atoms with Crippen LogP contribution >= 0.6 is 24.0 Å². The van der Waals surface area contributed by atoms with Crippen LogP contribution < -0.4 is 15.4 Å². The van der Waals surface area contributed by atoms with Crippen LogP contribution in [0.5, 0.6) is 5.75 Å². The summed E-state index contributed by atoms with van der Waals surface area (Å²) in [5.41, 5.74) is 2.34. The molecular weight excluding hydrogens is 441 g/mol. The van der Waals surface area contributed by atoms with Gasteiger partial charge in [0.2, 0.25) is 0 Å². The van der Waals surface area contributed by atoms with E-state index in [2.05, 4.69) is 56.5 Å². The van der Waals surface area contributed by atoms with Gasteiger partial charge in [0.25, 0.3) is 0 Å². The number of hydrogen-bond acceptors (Lipinski definition) is 3. The highest BCUT2D eigenvalue weighted by atomic mass is 127. The van der Waals surface area contributed by atoms with Gasteiger partial charge < -0.3 is 20.5 Å². The molecule has 3 N–H and O–H groups in total. The van der Waals surface area contributed by atoms with E-state index < -0.39 is 0 Å². The molecule has 0 radical (unpaired) electrons.